The van der Waals surface area contributed by atoms with E-state index in [1.165, 1.54) is 51.4 Å². The fraction of sp³-hybridized carbons (Fsp3) is 0.791. The standard InChI is InChI=1S/C43H69N3O3/c1-7-11-33-29-34(22-27-45-33)44-25-8-9-26-46-40(47)18-19-41(48)49-35-20-23-42(5)32(28-35)14-15-36-38-17-16-37(31(4)13-10-12-30(2)3)43(38,6)24-21-39(36)42/h14,22,27,29-31,35-39H,7-13,15-21,23-26,28H2,1-6H3,(H,44,45)(H,46,47)/t31-,35?,36?,37?,38+,39+,42?,43?/m1/s1. The molecule has 6 heteroatoms. The van der Waals surface area contributed by atoms with Gasteiger partial charge in [-0.3, -0.25) is 14.6 Å². The first-order valence-corrected chi connectivity index (χ1v) is 20.4. The van der Waals surface area contributed by atoms with Gasteiger partial charge < -0.3 is 15.4 Å². The maximum atomic E-state index is 12.8. The number of allylic oxidation sites excluding steroid dienone is 1. The van der Waals surface area contributed by atoms with E-state index in [9.17, 15) is 9.59 Å². The van der Waals surface area contributed by atoms with Crippen LogP contribution in [0.1, 0.15) is 150 Å². The lowest BCUT2D eigenvalue weighted by atomic mass is 9.47. The zero-order valence-corrected chi connectivity index (χ0v) is 32.0. The van der Waals surface area contributed by atoms with E-state index in [1.54, 1.807) is 5.57 Å². The van der Waals surface area contributed by atoms with E-state index >= 15 is 0 Å². The van der Waals surface area contributed by atoms with Crippen molar-refractivity contribution in [2.45, 2.75) is 157 Å². The Bertz CT molecular complexity index is 1280. The quantitative estimate of drug-likeness (QED) is 0.0976. The molecule has 4 aliphatic rings. The molecule has 3 fully saturated rings. The first-order valence-electron chi connectivity index (χ1n) is 20.4. The summed E-state index contributed by atoms with van der Waals surface area (Å²) in [5.74, 6) is 4.70. The number of esters is 1. The van der Waals surface area contributed by atoms with E-state index in [2.05, 4.69) is 69.3 Å². The number of carbonyl (C=O) groups is 2. The Balaban J connectivity index is 1.01. The molecule has 2 N–H and O–H groups in total. The molecule has 4 aliphatic carbocycles. The summed E-state index contributed by atoms with van der Waals surface area (Å²) in [6.45, 7) is 16.1. The number of carbonyl (C=O) groups excluding carboxylic acids is 2. The molecule has 274 valence electrons. The van der Waals surface area contributed by atoms with Crippen molar-refractivity contribution in [2.24, 2.45) is 46.3 Å². The van der Waals surface area contributed by atoms with Gasteiger partial charge in [0.05, 0.1) is 6.42 Å². The highest BCUT2D eigenvalue weighted by molar-refractivity contribution is 5.81. The van der Waals surface area contributed by atoms with Crippen molar-refractivity contribution in [2.75, 3.05) is 18.4 Å². The smallest absolute Gasteiger partial charge is 0.306 e. The fourth-order valence-electron chi connectivity index (χ4n) is 11.0. The van der Waals surface area contributed by atoms with Gasteiger partial charge in [0, 0.05) is 43.5 Å². The van der Waals surface area contributed by atoms with Gasteiger partial charge in [0.2, 0.25) is 5.91 Å². The second-order valence-corrected chi connectivity index (χ2v) is 17.4. The molecule has 1 aromatic heterocycles. The predicted octanol–water partition coefficient (Wildman–Crippen LogP) is 10.1. The van der Waals surface area contributed by atoms with E-state index in [1.807, 2.05) is 12.3 Å². The van der Waals surface area contributed by atoms with Gasteiger partial charge >= 0.3 is 5.97 Å². The number of nitrogens with one attached hydrogen (secondary N) is 2. The SMILES string of the molecule is CCCc1cc(NCCCCNC(=O)CCC(=O)OC2CCC3(C)C(=CCC4[C@@H]3CCC3(C)C([C@H](C)CCCC(C)C)CC[C@@H]43)C2)ccn1. The maximum absolute atomic E-state index is 12.8. The summed E-state index contributed by atoms with van der Waals surface area (Å²) in [5, 5.41) is 6.43. The van der Waals surface area contributed by atoms with Crippen molar-refractivity contribution in [1.29, 1.82) is 0 Å². The normalized spacial score (nSPS) is 31.2. The number of nitrogens with zero attached hydrogens (tertiary/aromatic N) is 1. The minimum atomic E-state index is -0.227. The number of aromatic nitrogens is 1. The van der Waals surface area contributed by atoms with Crippen molar-refractivity contribution >= 4 is 17.6 Å². The number of aryl methyl sites for hydroxylation is 1. The van der Waals surface area contributed by atoms with Gasteiger partial charge in [-0.25, -0.2) is 0 Å². The number of hydrogen-bond acceptors (Lipinski definition) is 5. The van der Waals surface area contributed by atoms with E-state index < -0.39 is 0 Å². The van der Waals surface area contributed by atoms with Crippen LogP contribution in [-0.2, 0) is 20.7 Å². The Morgan fingerprint density at radius 2 is 1.80 bits per heavy atom. The van der Waals surface area contributed by atoms with Gasteiger partial charge in [0.15, 0.2) is 0 Å². The second-order valence-electron chi connectivity index (χ2n) is 17.4. The third kappa shape index (κ3) is 9.30. The van der Waals surface area contributed by atoms with Crippen molar-refractivity contribution in [3.05, 3.63) is 35.7 Å². The summed E-state index contributed by atoms with van der Waals surface area (Å²) >= 11 is 0. The third-order valence-corrected chi connectivity index (χ3v) is 13.7. The molecule has 5 unspecified atom stereocenters. The number of rotatable bonds is 17. The van der Waals surface area contributed by atoms with Crippen LogP contribution >= 0.6 is 0 Å². The number of hydrogen-bond donors (Lipinski definition) is 2. The van der Waals surface area contributed by atoms with Crippen LogP contribution in [0.15, 0.2) is 30.0 Å². The minimum absolute atomic E-state index is 0.0474. The summed E-state index contributed by atoms with van der Waals surface area (Å²) in [6, 6.07) is 4.11. The van der Waals surface area contributed by atoms with E-state index in [0.717, 1.165) is 98.4 Å². The second kappa shape index (κ2) is 17.2. The molecule has 1 amide bonds. The summed E-state index contributed by atoms with van der Waals surface area (Å²) in [6.07, 6.45) is 22.6. The van der Waals surface area contributed by atoms with Gasteiger partial charge in [-0.2, -0.15) is 0 Å². The number of ether oxygens (including phenoxy) is 1. The summed E-state index contributed by atoms with van der Waals surface area (Å²) in [5.41, 5.74) is 4.53. The molecule has 0 spiro atoms. The van der Waals surface area contributed by atoms with Gasteiger partial charge in [-0.05, 0) is 123 Å². The van der Waals surface area contributed by atoms with E-state index in [4.69, 9.17) is 4.74 Å². The van der Waals surface area contributed by atoms with Crippen LogP contribution < -0.4 is 10.6 Å². The molecule has 0 saturated heterocycles. The fourth-order valence-corrected chi connectivity index (χ4v) is 11.0. The lowest BCUT2D eigenvalue weighted by Crippen LogP contribution is -2.51. The molecular formula is C43H69N3O3. The first-order chi connectivity index (χ1) is 23.5. The summed E-state index contributed by atoms with van der Waals surface area (Å²) in [4.78, 5) is 29.6. The van der Waals surface area contributed by atoms with E-state index in [-0.39, 0.29) is 36.2 Å². The van der Waals surface area contributed by atoms with E-state index in [0.29, 0.717) is 12.0 Å². The van der Waals surface area contributed by atoms with Crippen LogP contribution in [-0.4, -0.2) is 36.1 Å². The number of fused-ring (bicyclic) bond motifs is 5. The summed E-state index contributed by atoms with van der Waals surface area (Å²) < 4.78 is 6.00. The highest BCUT2D eigenvalue weighted by Gasteiger charge is 2.59. The van der Waals surface area contributed by atoms with Crippen molar-refractivity contribution in [3.8, 4) is 0 Å². The number of anilines is 1. The van der Waals surface area contributed by atoms with Gasteiger partial charge in [-0.15, -0.1) is 0 Å². The van der Waals surface area contributed by atoms with Crippen molar-refractivity contribution < 1.29 is 14.3 Å². The average molecular weight is 676 g/mol. The molecule has 6 nitrogen and oxygen atoms in total. The van der Waals surface area contributed by atoms with Crippen LogP contribution in [0.25, 0.3) is 0 Å². The molecule has 1 heterocycles. The zero-order chi connectivity index (χ0) is 35.0. The van der Waals surface area contributed by atoms with Gasteiger partial charge in [-0.1, -0.05) is 78.9 Å². The molecule has 49 heavy (non-hydrogen) atoms. The number of amides is 1. The van der Waals surface area contributed by atoms with Crippen LogP contribution in [0.5, 0.6) is 0 Å². The lowest BCUT2D eigenvalue weighted by molar-refractivity contribution is -0.152. The maximum Gasteiger partial charge on any atom is 0.306 e. The predicted molar refractivity (Wildman–Crippen MR) is 201 cm³/mol. The van der Waals surface area contributed by atoms with Crippen LogP contribution in [0.4, 0.5) is 5.69 Å². The molecule has 0 bridgehead atoms. The highest BCUT2D eigenvalue weighted by Crippen LogP contribution is 2.67. The van der Waals surface area contributed by atoms with Crippen LogP contribution in [0.2, 0.25) is 0 Å². The average Bonchev–Trinajstić information content (AvgIpc) is 3.43. The van der Waals surface area contributed by atoms with Crippen LogP contribution in [0.3, 0.4) is 0 Å². The molecule has 1 aromatic rings. The number of pyridine rings is 1. The molecular weight excluding hydrogens is 606 g/mol. The molecule has 0 aliphatic heterocycles. The molecule has 0 aromatic carbocycles. The Hall–Kier alpha value is -2.37. The Kier molecular flexibility index (Phi) is 13.3. The number of unbranched alkanes of at least 4 members (excludes halogenated alkanes) is 1. The Labute approximate surface area is 298 Å². The largest absolute Gasteiger partial charge is 0.462 e. The van der Waals surface area contributed by atoms with Gasteiger partial charge in [0.1, 0.15) is 6.10 Å². The highest BCUT2D eigenvalue weighted by atomic mass is 16.5. The zero-order valence-electron chi connectivity index (χ0n) is 32.0. The van der Waals surface area contributed by atoms with Crippen LogP contribution in [0, 0.1) is 46.3 Å². The minimum Gasteiger partial charge on any atom is -0.462 e. The topological polar surface area (TPSA) is 80.3 Å². The molecule has 5 rings (SSSR count). The van der Waals surface area contributed by atoms with Crippen molar-refractivity contribution in [3.63, 3.8) is 0 Å². The monoisotopic (exact) mass is 676 g/mol. The molecule has 8 atom stereocenters. The van der Waals surface area contributed by atoms with Crippen molar-refractivity contribution in [1.82, 2.24) is 10.3 Å². The Morgan fingerprint density at radius 3 is 2.59 bits per heavy atom. The Morgan fingerprint density at radius 1 is 0.980 bits per heavy atom. The molecule has 0 radical (unpaired) electrons. The third-order valence-electron chi connectivity index (χ3n) is 13.7. The molecule has 3 saturated carbocycles. The lowest BCUT2D eigenvalue weighted by Gasteiger charge is -2.58. The summed E-state index contributed by atoms with van der Waals surface area (Å²) in [7, 11) is 0. The van der Waals surface area contributed by atoms with Gasteiger partial charge in [0.25, 0.3) is 0 Å². The first kappa shape index (κ1) is 37.9.